The zero-order valence-electron chi connectivity index (χ0n) is 15.0. The van der Waals surface area contributed by atoms with Crippen molar-refractivity contribution in [3.05, 3.63) is 23.8 Å². The third-order valence-corrected chi connectivity index (χ3v) is 4.25. The fourth-order valence-corrected chi connectivity index (χ4v) is 2.64. The van der Waals surface area contributed by atoms with E-state index in [-0.39, 0.29) is 32.2 Å². The standard InChI is InChI=1S/C18H22F5NO4/c19-17(20,18(21,22)23)7-3-1-2-4-16(26)24-11-13(25)12-5-6-14-15(10-12)28-9-8-27-14/h5-6,10,13,25H,1-4,7-9,11H2,(H,24,26)/t13-/m0/s1. The van der Waals surface area contributed by atoms with Gasteiger partial charge in [0.05, 0.1) is 6.10 Å². The Labute approximate surface area is 158 Å². The number of halogens is 5. The van der Waals surface area contributed by atoms with Crippen molar-refractivity contribution in [1.29, 1.82) is 0 Å². The highest BCUT2D eigenvalue weighted by Gasteiger charge is 2.56. The predicted octanol–water partition coefficient (Wildman–Crippen LogP) is 3.76. The molecule has 0 fully saturated rings. The van der Waals surface area contributed by atoms with Crippen LogP contribution in [0, 0.1) is 0 Å². The maximum atomic E-state index is 12.7. The SMILES string of the molecule is O=C(CCCCCC(F)(F)C(F)(F)F)NC[C@H](O)c1ccc2c(c1)OCCO2. The van der Waals surface area contributed by atoms with E-state index in [4.69, 9.17) is 9.47 Å². The number of amides is 1. The summed E-state index contributed by atoms with van der Waals surface area (Å²) in [6.07, 6.45) is -7.92. The largest absolute Gasteiger partial charge is 0.486 e. The third kappa shape index (κ3) is 6.22. The van der Waals surface area contributed by atoms with Crippen molar-refractivity contribution in [2.75, 3.05) is 19.8 Å². The monoisotopic (exact) mass is 411 g/mol. The third-order valence-electron chi connectivity index (χ3n) is 4.25. The summed E-state index contributed by atoms with van der Waals surface area (Å²) in [4.78, 5) is 11.7. The van der Waals surface area contributed by atoms with Gasteiger partial charge in [0, 0.05) is 19.4 Å². The van der Waals surface area contributed by atoms with Gasteiger partial charge in [-0.15, -0.1) is 0 Å². The summed E-state index contributed by atoms with van der Waals surface area (Å²) in [6.45, 7) is 0.779. The number of ether oxygens (including phenoxy) is 2. The fraction of sp³-hybridized carbons (Fsp3) is 0.611. The van der Waals surface area contributed by atoms with Crippen molar-refractivity contribution >= 4 is 5.91 Å². The summed E-state index contributed by atoms with van der Waals surface area (Å²) in [6, 6.07) is 4.92. The number of fused-ring (bicyclic) bond motifs is 1. The molecular weight excluding hydrogens is 389 g/mol. The first-order chi connectivity index (χ1) is 13.1. The van der Waals surface area contributed by atoms with Crippen molar-refractivity contribution in [3.63, 3.8) is 0 Å². The molecule has 0 spiro atoms. The number of hydrogen-bond donors (Lipinski definition) is 2. The van der Waals surface area contributed by atoms with E-state index in [2.05, 4.69) is 5.32 Å². The predicted molar refractivity (Wildman–Crippen MR) is 89.5 cm³/mol. The van der Waals surface area contributed by atoms with Gasteiger partial charge in [-0.3, -0.25) is 4.79 Å². The van der Waals surface area contributed by atoms with Gasteiger partial charge in [0.25, 0.3) is 0 Å². The highest BCUT2D eigenvalue weighted by atomic mass is 19.4. The molecular formula is C18H22F5NO4. The number of alkyl halides is 5. The molecule has 28 heavy (non-hydrogen) atoms. The molecule has 0 saturated carbocycles. The van der Waals surface area contributed by atoms with Gasteiger partial charge in [-0.25, -0.2) is 0 Å². The van der Waals surface area contributed by atoms with Crippen LogP contribution in [0.3, 0.4) is 0 Å². The van der Waals surface area contributed by atoms with Crippen molar-refractivity contribution in [2.45, 2.75) is 50.3 Å². The van der Waals surface area contributed by atoms with Crippen LogP contribution >= 0.6 is 0 Å². The van der Waals surface area contributed by atoms with Crippen molar-refractivity contribution < 1.29 is 41.3 Å². The Morgan fingerprint density at radius 1 is 1.07 bits per heavy atom. The van der Waals surface area contributed by atoms with Gasteiger partial charge in [-0.1, -0.05) is 12.5 Å². The van der Waals surface area contributed by atoms with E-state index in [1.807, 2.05) is 0 Å². The molecule has 10 heteroatoms. The van der Waals surface area contributed by atoms with Crippen molar-refractivity contribution in [1.82, 2.24) is 5.32 Å². The number of aliphatic hydroxyl groups is 1. The van der Waals surface area contributed by atoms with Crippen LogP contribution in [-0.2, 0) is 4.79 Å². The summed E-state index contributed by atoms with van der Waals surface area (Å²) in [5, 5.41) is 12.6. The van der Waals surface area contributed by atoms with Crippen LogP contribution in [0.25, 0.3) is 0 Å². The molecule has 1 atom stereocenters. The van der Waals surface area contributed by atoms with E-state index < -0.39 is 30.5 Å². The van der Waals surface area contributed by atoms with E-state index in [1.54, 1.807) is 18.2 Å². The summed E-state index contributed by atoms with van der Waals surface area (Å²) < 4.78 is 72.4. The zero-order chi connectivity index (χ0) is 20.8. The van der Waals surface area contributed by atoms with Gasteiger partial charge in [0.15, 0.2) is 11.5 Å². The smallest absolute Gasteiger partial charge is 0.453 e. The molecule has 0 radical (unpaired) electrons. The number of benzene rings is 1. The number of nitrogens with one attached hydrogen (secondary N) is 1. The van der Waals surface area contributed by atoms with Crippen molar-refractivity contribution in [2.24, 2.45) is 0 Å². The van der Waals surface area contributed by atoms with E-state index in [0.717, 1.165) is 0 Å². The number of unbranched alkanes of at least 4 members (excludes halogenated alkanes) is 2. The van der Waals surface area contributed by atoms with Gasteiger partial charge in [0.1, 0.15) is 13.2 Å². The van der Waals surface area contributed by atoms with Gasteiger partial charge < -0.3 is 19.9 Å². The highest BCUT2D eigenvalue weighted by Crippen LogP contribution is 2.39. The lowest BCUT2D eigenvalue weighted by Crippen LogP contribution is -2.36. The maximum absolute atomic E-state index is 12.7. The van der Waals surface area contributed by atoms with E-state index >= 15 is 0 Å². The number of aliphatic hydroxyl groups excluding tert-OH is 1. The molecule has 0 aliphatic carbocycles. The van der Waals surface area contributed by atoms with Gasteiger partial charge in [-0.2, -0.15) is 22.0 Å². The first-order valence-electron chi connectivity index (χ1n) is 8.89. The Hall–Kier alpha value is -2.10. The van der Waals surface area contributed by atoms with Crippen LogP contribution < -0.4 is 14.8 Å². The van der Waals surface area contributed by atoms with Gasteiger partial charge in [-0.05, 0) is 30.5 Å². The van der Waals surface area contributed by atoms with Crippen LogP contribution in [0.1, 0.15) is 43.8 Å². The molecule has 0 bridgehead atoms. The molecule has 0 unspecified atom stereocenters. The topological polar surface area (TPSA) is 67.8 Å². The Bertz CT molecular complexity index is 666. The van der Waals surface area contributed by atoms with Gasteiger partial charge >= 0.3 is 12.1 Å². The quantitative estimate of drug-likeness (QED) is 0.480. The summed E-state index contributed by atoms with van der Waals surface area (Å²) in [7, 11) is 0. The molecule has 1 aliphatic heterocycles. The maximum Gasteiger partial charge on any atom is 0.453 e. The van der Waals surface area contributed by atoms with Crippen LogP contribution in [-0.4, -0.2) is 42.9 Å². The molecule has 1 amide bonds. The lowest BCUT2D eigenvalue weighted by Gasteiger charge is -2.20. The van der Waals surface area contributed by atoms with E-state index in [9.17, 15) is 31.9 Å². The summed E-state index contributed by atoms with van der Waals surface area (Å²) in [5.41, 5.74) is 0.527. The number of carbonyl (C=O) groups is 1. The molecule has 1 heterocycles. The summed E-state index contributed by atoms with van der Waals surface area (Å²) in [5.74, 6) is -4.05. The molecule has 1 aliphatic rings. The van der Waals surface area contributed by atoms with Crippen molar-refractivity contribution in [3.8, 4) is 11.5 Å². The molecule has 2 rings (SSSR count). The minimum Gasteiger partial charge on any atom is -0.486 e. The number of rotatable bonds is 9. The number of carbonyl (C=O) groups excluding carboxylic acids is 1. The molecule has 2 N–H and O–H groups in total. The summed E-state index contributed by atoms with van der Waals surface area (Å²) >= 11 is 0. The molecule has 158 valence electrons. The van der Waals surface area contributed by atoms with E-state index in [1.165, 1.54) is 0 Å². The first kappa shape index (κ1) is 22.2. The second-order valence-electron chi connectivity index (χ2n) is 6.49. The molecule has 1 aromatic carbocycles. The average Bonchev–Trinajstić information content (AvgIpc) is 2.64. The van der Waals surface area contributed by atoms with E-state index in [0.29, 0.717) is 30.3 Å². The van der Waals surface area contributed by atoms with Gasteiger partial charge in [0.2, 0.25) is 5.91 Å². The molecule has 0 aromatic heterocycles. The molecule has 5 nitrogen and oxygen atoms in total. The van der Waals surface area contributed by atoms with Crippen LogP contribution in [0.15, 0.2) is 18.2 Å². The first-order valence-corrected chi connectivity index (χ1v) is 8.89. The number of hydrogen-bond acceptors (Lipinski definition) is 4. The second-order valence-corrected chi connectivity index (χ2v) is 6.49. The van der Waals surface area contributed by atoms with Crippen LogP contribution in [0.4, 0.5) is 22.0 Å². The highest BCUT2D eigenvalue weighted by molar-refractivity contribution is 5.75. The second kappa shape index (κ2) is 9.40. The lowest BCUT2D eigenvalue weighted by molar-refractivity contribution is -0.284. The molecule has 0 saturated heterocycles. The minimum absolute atomic E-state index is 0.0224. The Balaban J connectivity index is 1.66. The zero-order valence-corrected chi connectivity index (χ0v) is 15.0. The molecule has 1 aromatic rings. The Kier molecular flexibility index (Phi) is 7.45. The van der Waals surface area contributed by atoms with Crippen LogP contribution in [0.5, 0.6) is 11.5 Å². The Morgan fingerprint density at radius 3 is 2.43 bits per heavy atom. The fourth-order valence-electron chi connectivity index (χ4n) is 2.64. The van der Waals surface area contributed by atoms with Crippen LogP contribution in [0.2, 0.25) is 0 Å². The average molecular weight is 411 g/mol. The minimum atomic E-state index is -5.55. The lowest BCUT2D eigenvalue weighted by atomic mass is 10.1. The normalized spacial score (nSPS) is 15.2. The Morgan fingerprint density at radius 2 is 1.75 bits per heavy atom.